The van der Waals surface area contributed by atoms with Gasteiger partial charge >= 0.3 is 5.97 Å². The van der Waals surface area contributed by atoms with Crippen LogP contribution in [-0.4, -0.2) is 49.0 Å². The van der Waals surface area contributed by atoms with Gasteiger partial charge < -0.3 is 14.6 Å². The van der Waals surface area contributed by atoms with E-state index in [4.69, 9.17) is 9.47 Å². The van der Waals surface area contributed by atoms with Crippen molar-refractivity contribution in [2.45, 2.75) is 13.0 Å². The molecule has 1 atom stereocenters. The Balaban J connectivity index is 3.28. The first kappa shape index (κ1) is 12.7. The number of aliphatic hydroxyl groups is 1. The number of methoxy groups -OCH3 is 1. The van der Waals surface area contributed by atoms with Crippen LogP contribution in [0.5, 0.6) is 0 Å². The fourth-order valence-electron chi connectivity index (χ4n) is 0.721. The lowest BCUT2D eigenvalue weighted by molar-refractivity contribution is -0.139. The van der Waals surface area contributed by atoms with Crippen LogP contribution in [0, 0.1) is 0 Å². The summed E-state index contributed by atoms with van der Waals surface area (Å²) in [5.74, 6) is 0.540. The molecule has 0 aliphatic heterocycles. The molecule has 78 valence electrons. The fourth-order valence-corrected chi connectivity index (χ4v) is 1.46. The van der Waals surface area contributed by atoms with Gasteiger partial charge in [0.1, 0.15) is 0 Å². The zero-order chi connectivity index (χ0) is 10.1. The maximum atomic E-state index is 10.8. The van der Waals surface area contributed by atoms with Crippen molar-refractivity contribution in [3.8, 4) is 0 Å². The predicted molar refractivity (Wildman–Crippen MR) is 51.8 cm³/mol. The molecule has 0 aromatic rings. The van der Waals surface area contributed by atoms with Crippen molar-refractivity contribution >= 4 is 17.7 Å². The summed E-state index contributed by atoms with van der Waals surface area (Å²) in [5.41, 5.74) is 0. The Bertz CT molecular complexity index is 140. The molecule has 0 rings (SSSR count). The summed E-state index contributed by atoms with van der Waals surface area (Å²) in [4.78, 5) is 10.8. The van der Waals surface area contributed by atoms with Crippen LogP contribution in [0.1, 0.15) is 6.92 Å². The van der Waals surface area contributed by atoms with Crippen LogP contribution in [0.15, 0.2) is 0 Å². The summed E-state index contributed by atoms with van der Waals surface area (Å²) in [5, 5.41) is 9.19. The highest BCUT2D eigenvalue weighted by Crippen LogP contribution is 2.03. The van der Waals surface area contributed by atoms with Gasteiger partial charge in [0.05, 0.1) is 25.1 Å². The average Bonchev–Trinajstić information content (AvgIpc) is 2.05. The first-order valence-electron chi connectivity index (χ1n) is 4.11. The number of esters is 1. The lowest BCUT2D eigenvalue weighted by Gasteiger charge is -2.07. The van der Waals surface area contributed by atoms with Crippen LogP contribution in [0.3, 0.4) is 0 Å². The molecule has 4 nitrogen and oxygen atoms in total. The second-order valence-corrected chi connectivity index (χ2v) is 3.46. The summed E-state index contributed by atoms with van der Waals surface area (Å²) in [6.07, 6.45) is -0.510. The minimum Gasteiger partial charge on any atom is -0.465 e. The maximum absolute atomic E-state index is 10.8. The van der Waals surface area contributed by atoms with Crippen LogP contribution in [0.4, 0.5) is 0 Å². The normalized spacial score (nSPS) is 12.5. The van der Waals surface area contributed by atoms with E-state index in [9.17, 15) is 9.90 Å². The summed E-state index contributed by atoms with van der Waals surface area (Å²) < 4.78 is 9.44. The fraction of sp³-hybridized carbons (Fsp3) is 0.875. The van der Waals surface area contributed by atoms with Gasteiger partial charge in [-0.3, -0.25) is 4.79 Å². The van der Waals surface area contributed by atoms with E-state index in [1.54, 1.807) is 6.92 Å². The lowest BCUT2D eigenvalue weighted by atomic mass is 10.4. The number of rotatable bonds is 7. The molecule has 0 saturated carbocycles. The second-order valence-electron chi connectivity index (χ2n) is 2.43. The number of thioether (sulfide) groups is 1. The van der Waals surface area contributed by atoms with Gasteiger partial charge in [0.25, 0.3) is 0 Å². The monoisotopic (exact) mass is 208 g/mol. The van der Waals surface area contributed by atoms with Gasteiger partial charge in [-0.15, -0.1) is 11.8 Å². The molecule has 0 spiro atoms. The van der Waals surface area contributed by atoms with E-state index in [0.717, 1.165) is 0 Å². The molecule has 0 amide bonds. The van der Waals surface area contributed by atoms with Crippen molar-refractivity contribution in [1.82, 2.24) is 0 Å². The van der Waals surface area contributed by atoms with Crippen LogP contribution in [0.2, 0.25) is 0 Å². The van der Waals surface area contributed by atoms with E-state index in [1.165, 1.54) is 18.9 Å². The first-order valence-corrected chi connectivity index (χ1v) is 5.26. The molecule has 0 fully saturated rings. The summed E-state index contributed by atoms with van der Waals surface area (Å²) in [6, 6.07) is 0. The van der Waals surface area contributed by atoms with Gasteiger partial charge in [-0.25, -0.2) is 0 Å². The number of carbonyl (C=O) groups is 1. The van der Waals surface area contributed by atoms with Crippen molar-refractivity contribution in [1.29, 1.82) is 0 Å². The second kappa shape index (κ2) is 8.34. The Kier molecular flexibility index (Phi) is 8.18. The zero-order valence-corrected chi connectivity index (χ0v) is 8.80. The minimum atomic E-state index is -0.510. The Labute approximate surface area is 82.6 Å². The summed E-state index contributed by atoms with van der Waals surface area (Å²) in [6.45, 7) is 2.47. The van der Waals surface area contributed by atoms with Crippen LogP contribution in [-0.2, 0) is 14.3 Å². The van der Waals surface area contributed by atoms with Crippen LogP contribution < -0.4 is 0 Å². The number of carbonyl (C=O) groups excluding carboxylic acids is 1. The topological polar surface area (TPSA) is 55.8 Å². The van der Waals surface area contributed by atoms with Gasteiger partial charge in [0, 0.05) is 12.9 Å². The van der Waals surface area contributed by atoms with E-state index < -0.39 is 6.10 Å². The summed E-state index contributed by atoms with van der Waals surface area (Å²) >= 11 is 1.34. The zero-order valence-electron chi connectivity index (χ0n) is 7.99. The van der Waals surface area contributed by atoms with Crippen molar-refractivity contribution < 1.29 is 19.4 Å². The molecule has 1 unspecified atom stereocenters. The molecule has 13 heavy (non-hydrogen) atoms. The molecule has 0 aromatic heterocycles. The van der Waals surface area contributed by atoms with Crippen molar-refractivity contribution in [2.75, 3.05) is 31.8 Å². The average molecular weight is 208 g/mol. The Hall–Kier alpha value is -0.260. The largest absolute Gasteiger partial charge is 0.465 e. The third-order valence-corrected chi connectivity index (χ3v) is 2.25. The van der Waals surface area contributed by atoms with Gasteiger partial charge in [0.2, 0.25) is 0 Å². The molecule has 0 radical (unpaired) electrons. The highest BCUT2D eigenvalue weighted by Gasteiger charge is 2.06. The van der Waals surface area contributed by atoms with Crippen molar-refractivity contribution in [2.24, 2.45) is 0 Å². The van der Waals surface area contributed by atoms with E-state index in [2.05, 4.69) is 0 Å². The molecule has 0 bridgehead atoms. The number of aliphatic hydroxyl groups excluding tert-OH is 1. The molecule has 0 heterocycles. The molecular weight excluding hydrogens is 192 g/mol. The number of hydrogen-bond acceptors (Lipinski definition) is 5. The van der Waals surface area contributed by atoms with Crippen molar-refractivity contribution in [3.05, 3.63) is 0 Å². The maximum Gasteiger partial charge on any atom is 0.315 e. The summed E-state index contributed by atoms with van der Waals surface area (Å²) in [7, 11) is 1.53. The van der Waals surface area contributed by atoms with Gasteiger partial charge in [-0.2, -0.15) is 0 Å². The van der Waals surface area contributed by atoms with E-state index in [0.29, 0.717) is 19.0 Å². The number of hydrogen-bond donors (Lipinski definition) is 1. The Morgan fingerprint density at radius 1 is 1.62 bits per heavy atom. The van der Waals surface area contributed by atoms with Gasteiger partial charge in [0.15, 0.2) is 0 Å². The quantitative estimate of drug-likeness (QED) is 0.609. The van der Waals surface area contributed by atoms with Gasteiger partial charge in [-0.05, 0) is 6.92 Å². The third-order valence-electron chi connectivity index (χ3n) is 1.19. The molecule has 1 N–H and O–H groups in total. The molecule has 0 saturated heterocycles. The number of ether oxygens (including phenoxy) is 2. The predicted octanol–water partition coefficient (Wildman–Crippen LogP) is 0.290. The minimum absolute atomic E-state index is 0.239. The van der Waals surface area contributed by atoms with E-state index in [-0.39, 0.29) is 11.7 Å². The van der Waals surface area contributed by atoms with Gasteiger partial charge in [-0.1, -0.05) is 0 Å². The molecule has 0 aliphatic rings. The Morgan fingerprint density at radius 2 is 2.31 bits per heavy atom. The third kappa shape index (κ3) is 8.08. The van der Waals surface area contributed by atoms with Crippen LogP contribution in [0.25, 0.3) is 0 Å². The Morgan fingerprint density at radius 3 is 2.85 bits per heavy atom. The molecule has 0 aromatic carbocycles. The first-order chi connectivity index (χ1) is 6.20. The highest BCUT2D eigenvalue weighted by atomic mass is 32.2. The molecule has 5 heteroatoms. The van der Waals surface area contributed by atoms with E-state index >= 15 is 0 Å². The molecular formula is C8H16O4S. The standard InChI is InChI=1S/C8H16O4S/c1-3-12-8(10)6-13-5-7(9)4-11-2/h7,9H,3-6H2,1-2H3. The smallest absolute Gasteiger partial charge is 0.315 e. The highest BCUT2D eigenvalue weighted by molar-refractivity contribution is 7.99. The SMILES string of the molecule is CCOC(=O)CSCC(O)COC. The lowest BCUT2D eigenvalue weighted by Crippen LogP contribution is -2.18. The van der Waals surface area contributed by atoms with Crippen LogP contribution >= 0.6 is 11.8 Å². The van der Waals surface area contributed by atoms with E-state index in [1.807, 2.05) is 0 Å². The molecule has 0 aliphatic carbocycles. The van der Waals surface area contributed by atoms with Crippen molar-refractivity contribution in [3.63, 3.8) is 0 Å².